The first-order chi connectivity index (χ1) is 27.0. The van der Waals surface area contributed by atoms with Crippen LogP contribution in [0.3, 0.4) is 0 Å². The highest BCUT2D eigenvalue weighted by atomic mass is 32.2. The second-order valence-electron chi connectivity index (χ2n) is 11.7. The minimum atomic E-state index is -4.42. The Morgan fingerprint density at radius 1 is 0.737 bits per heavy atom. The molecule has 3 amide bonds. The van der Waals surface area contributed by atoms with E-state index in [1.165, 1.54) is 72.1 Å². The number of anilines is 3. The van der Waals surface area contributed by atoms with E-state index in [9.17, 15) is 31.2 Å². The highest BCUT2D eigenvalue weighted by Crippen LogP contribution is 2.39. The van der Waals surface area contributed by atoms with Crippen LogP contribution in [0.2, 0.25) is 0 Å². The van der Waals surface area contributed by atoms with Gasteiger partial charge in [0.25, 0.3) is 0 Å². The fraction of sp³-hybridized carbons (Fsp3) is 0.189. The van der Waals surface area contributed by atoms with Gasteiger partial charge in [-0.3, -0.25) is 15.4 Å². The third-order valence-electron chi connectivity index (χ3n) is 7.77. The predicted octanol–water partition coefficient (Wildman–Crippen LogP) is 8.19. The molecule has 20 heteroatoms. The molecule has 6 aromatic rings. The van der Waals surface area contributed by atoms with Gasteiger partial charge in [0.05, 0.1) is 59.3 Å². The summed E-state index contributed by atoms with van der Waals surface area (Å²) in [4.78, 5) is 33.0. The molecule has 3 N–H and O–H groups in total. The smallest absolute Gasteiger partial charge is 0.416 e. The molecule has 0 aliphatic rings. The van der Waals surface area contributed by atoms with Gasteiger partial charge in [-0.15, -0.1) is 0 Å². The topological polar surface area (TPSA) is 170 Å². The number of carbonyl (C=O) groups excluding carboxylic acids is 2. The first kappa shape index (κ1) is 42.2. The van der Waals surface area contributed by atoms with Gasteiger partial charge < -0.3 is 24.3 Å². The second-order valence-corrected chi connectivity index (χ2v) is 15.9. The molecule has 14 nitrogen and oxygen atoms in total. The largest absolute Gasteiger partial charge is 0.497 e. The number of benzene rings is 4. The molecule has 0 bridgehead atoms. The Labute approximate surface area is 332 Å². The number of carbonyl (C=O) groups is 2. The summed E-state index contributed by atoms with van der Waals surface area (Å²) >= 11 is 2.16. The number of ether oxygens (including phenoxy) is 4. The second kappa shape index (κ2) is 17.9. The zero-order valence-corrected chi connectivity index (χ0v) is 33.5. The van der Waals surface area contributed by atoms with E-state index >= 15 is 0 Å². The van der Waals surface area contributed by atoms with E-state index in [1.54, 1.807) is 54.6 Å². The molecule has 0 atom stereocenters. The molecule has 0 saturated heterocycles. The summed E-state index contributed by atoms with van der Waals surface area (Å²) in [6.45, 7) is 0. The normalized spacial score (nSPS) is 11.6. The molecule has 0 aliphatic heterocycles. The monoisotopic (exact) mass is 844 g/mol. The lowest BCUT2D eigenvalue weighted by molar-refractivity contribution is -0.137. The number of alkyl halides is 3. The molecule has 0 spiro atoms. The lowest BCUT2D eigenvalue weighted by Crippen LogP contribution is -2.22. The molecule has 0 aliphatic carbocycles. The Hall–Kier alpha value is -5.96. The molecule has 0 saturated carbocycles. The van der Waals surface area contributed by atoms with E-state index in [-0.39, 0.29) is 15.9 Å². The maximum Gasteiger partial charge on any atom is 0.416 e. The maximum absolute atomic E-state index is 12.7. The van der Waals surface area contributed by atoms with Gasteiger partial charge in [-0.2, -0.15) is 13.2 Å². The number of methoxy groups -OCH3 is 4. The van der Waals surface area contributed by atoms with Crippen LogP contribution < -0.4 is 34.9 Å². The Morgan fingerprint density at radius 3 is 1.86 bits per heavy atom. The number of rotatable bonds is 11. The van der Waals surface area contributed by atoms with Crippen LogP contribution in [0.1, 0.15) is 11.1 Å². The van der Waals surface area contributed by atoms with Crippen molar-refractivity contribution in [2.45, 2.75) is 11.1 Å². The number of nitrogens with zero attached hydrogens (tertiary/aromatic N) is 3. The van der Waals surface area contributed by atoms with Gasteiger partial charge in [0.15, 0.2) is 21.8 Å². The van der Waals surface area contributed by atoms with Crippen molar-refractivity contribution in [3.05, 3.63) is 90.0 Å². The Kier molecular flexibility index (Phi) is 13.2. The quantitative estimate of drug-likeness (QED) is 0.108. The molecular formula is C37H35F3N6O8S3. The maximum atomic E-state index is 12.7. The third kappa shape index (κ3) is 10.5. The summed E-state index contributed by atoms with van der Waals surface area (Å²) in [5, 5.41) is 8.38. The Balaban J connectivity index is 0.000000224. The number of sulfonamides is 1. The number of halogens is 3. The molecule has 4 aromatic carbocycles. The summed E-state index contributed by atoms with van der Waals surface area (Å²) in [6, 6.07) is 17.5. The van der Waals surface area contributed by atoms with E-state index in [1.807, 2.05) is 0 Å². The SMILES string of the molecule is COc1cc(C=CC(=O)Nc2nc3ccc(S(=O)(=O)N(C)C)cc3s2)cc(OC)c1OC.COc1ccc(NC(=O)Nc2nc3ccc(C(F)(F)F)cc3s2)cc1. The van der Waals surface area contributed by atoms with Crippen molar-refractivity contribution in [3.63, 3.8) is 0 Å². The number of urea groups is 1. The van der Waals surface area contributed by atoms with Crippen molar-refractivity contribution in [2.75, 3.05) is 58.5 Å². The van der Waals surface area contributed by atoms with Crippen molar-refractivity contribution >= 4 is 87.1 Å². The van der Waals surface area contributed by atoms with Gasteiger partial charge in [0.2, 0.25) is 21.7 Å². The summed E-state index contributed by atoms with van der Waals surface area (Å²) in [5.74, 6) is 1.67. The van der Waals surface area contributed by atoms with Crippen LogP contribution in [0, 0.1) is 0 Å². The van der Waals surface area contributed by atoms with Gasteiger partial charge in [-0.05, 0) is 84.4 Å². The first-order valence-corrected chi connectivity index (χ1v) is 19.4. The number of aromatic nitrogens is 2. The summed E-state index contributed by atoms with van der Waals surface area (Å²) < 4.78 is 85.9. The molecule has 0 unspecified atom stereocenters. The van der Waals surface area contributed by atoms with Crippen LogP contribution in [0.25, 0.3) is 26.5 Å². The first-order valence-electron chi connectivity index (χ1n) is 16.4. The number of amides is 3. The van der Waals surface area contributed by atoms with Gasteiger partial charge in [0, 0.05) is 25.9 Å². The summed E-state index contributed by atoms with van der Waals surface area (Å²) in [7, 11) is 5.46. The molecule has 6 rings (SSSR count). The highest BCUT2D eigenvalue weighted by Gasteiger charge is 2.31. The standard InChI is InChI=1S/C21H23N3O6S2.C16H12F3N3O2S/c1-24(2)32(26,27)14-7-8-15-18(12-14)31-21(22-15)23-19(25)9-6-13-10-16(28-3)20(30-5)17(11-13)29-4;1-24-11-5-3-10(4-6-11)20-14(23)22-15-21-12-7-2-9(16(17,18)19)8-13(12)25-15/h6-12H,1-5H3,(H,22,23,25);2-8H,1H3,(H2,20,21,22,23). The van der Waals surface area contributed by atoms with Crippen molar-refractivity contribution in [1.82, 2.24) is 14.3 Å². The molecule has 0 radical (unpaired) electrons. The van der Waals surface area contributed by atoms with Crippen molar-refractivity contribution in [2.24, 2.45) is 0 Å². The van der Waals surface area contributed by atoms with Crippen LogP contribution in [0.4, 0.5) is 33.9 Å². The molecule has 2 heterocycles. The van der Waals surface area contributed by atoms with E-state index < -0.39 is 27.8 Å². The van der Waals surface area contributed by atoms with Gasteiger partial charge in [-0.25, -0.2) is 27.5 Å². The lowest BCUT2D eigenvalue weighted by atomic mass is 10.1. The van der Waals surface area contributed by atoms with E-state index in [2.05, 4.69) is 25.9 Å². The fourth-order valence-electron chi connectivity index (χ4n) is 4.93. The predicted molar refractivity (Wildman–Crippen MR) is 215 cm³/mol. The number of nitrogens with one attached hydrogen (secondary N) is 3. The van der Waals surface area contributed by atoms with Crippen molar-refractivity contribution < 1.29 is 50.1 Å². The zero-order valence-electron chi connectivity index (χ0n) is 31.0. The third-order valence-corrected chi connectivity index (χ3v) is 11.4. The zero-order chi connectivity index (χ0) is 41.5. The molecular weight excluding hydrogens is 810 g/mol. The van der Waals surface area contributed by atoms with Crippen LogP contribution in [-0.2, 0) is 21.0 Å². The number of fused-ring (bicyclic) bond motifs is 2. The Bertz CT molecular complexity index is 2510. The molecule has 2 aromatic heterocycles. The summed E-state index contributed by atoms with van der Waals surface area (Å²) in [6.07, 6.45) is -1.46. The fourth-order valence-corrected chi connectivity index (χ4v) is 7.75. The molecule has 57 heavy (non-hydrogen) atoms. The van der Waals surface area contributed by atoms with E-state index in [0.29, 0.717) is 59.8 Å². The van der Waals surface area contributed by atoms with Crippen LogP contribution in [-0.4, -0.2) is 77.2 Å². The highest BCUT2D eigenvalue weighted by molar-refractivity contribution is 7.89. The van der Waals surface area contributed by atoms with Crippen LogP contribution in [0.15, 0.2) is 83.8 Å². The average molecular weight is 845 g/mol. The van der Waals surface area contributed by atoms with Gasteiger partial charge in [0.1, 0.15) is 5.75 Å². The lowest BCUT2D eigenvalue weighted by Gasteiger charge is -2.12. The van der Waals surface area contributed by atoms with Crippen molar-refractivity contribution in [3.8, 4) is 23.0 Å². The molecule has 300 valence electrons. The van der Waals surface area contributed by atoms with Crippen LogP contribution in [0.5, 0.6) is 23.0 Å². The van der Waals surface area contributed by atoms with E-state index in [0.717, 1.165) is 27.8 Å². The summed E-state index contributed by atoms with van der Waals surface area (Å²) in [5.41, 5.74) is 1.45. The average Bonchev–Trinajstić information content (AvgIpc) is 3.78. The van der Waals surface area contributed by atoms with Gasteiger partial charge in [-0.1, -0.05) is 22.7 Å². The van der Waals surface area contributed by atoms with Crippen molar-refractivity contribution in [1.29, 1.82) is 0 Å². The van der Waals surface area contributed by atoms with E-state index in [4.69, 9.17) is 18.9 Å². The number of hydrogen-bond donors (Lipinski definition) is 3. The number of thiazole rings is 2. The minimum absolute atomic E-state index is 0.166. The molecule has 0 fully saturated rings. The van der Waals surface area contributed by atoms with Gasteiger partial charge >= 0.3 is 12.2 Å². The number of hydrogen-bond acceptors (Lipinski definition) is 12. The van der Waals surface area contributed by atoms with Crippen LogP contribution >= 0.6 is 22.7 Å². The Morgan fingerprint density at radius 2 is 1.32 bits per heavy atom. The minimum Gasteiger partial charge on any atom is -0.497 e.